The van der Waals surface area contributed by atoms with Gasteiger partial charge in [0, 0.05) is 10.5 Å². The van der Waals surface area contributed by atoms with E-state index in [0.29, 0.717) is 17.1 Å². The van der Waals surface area contributed by atoms with Gasteiger partial charge in [-0.3, -0.25) is 0 Å². The highest BCUT2D eigenvalue weighted by Gasteiger charge is 2.04. The van der Waals surface area contributed by atoms with Crippen molar-refractivity contribution in [2.24, 2.45) is 0 Å². The van der Waals surface area contributed by atoms with Gasteiger partial charge in [0.1, 0.15) is 17.3 Å². The molecule has 0 saturated carbocycles. The molecule has 2 nitrogen and oxygen atoms in total. The molecule has 4 heteroatoms. The third-order valence-electron chi connectivity index (χ3n) is 3.12. The monoisotopic (exact) mass is 346 g/mol. The van der Waals surface area contributed by atoms with Gasteiger partial charge in [-0.15, -0.1) is 0 Å². The van der Waals surface area contributed by atoms with Crippen molar-refractivity contribution in [3.63, 3.8) is 0 Å². The van der Waals surface area contributed by atoms with Crippen molar-refractivity contribution >= 4 is 26.7 Å². The van der Waals surface area contributed by atoms with Crippen LogP contribution >= 0.6 is 15.9 Å². The Balaban J connectivity index is 1.94. The normalized spacial score (nSPS) is 10.8. The molecule has 0 radical (unpaired) electrons. The Morgan fingerprint density at radius 1 is 0.905 bits per heavy atom. The number of aliphatic hydroxyl groups excluding tert-OH is 1. The van der Waals surface area contributed by atoms with Crippen molar-refractivity contribution in [3.8, 4) is 11.5 Å². The Hall–Kier alpha value is -1.91. The van der Waals surface area contributed by atoms with Crippen LogP contribution in [-0.2, 0) is 6.61 Å². The van der Waals surface area contributed by atoms with Crippen LogP contribution in [0.3, 0.4) is 0 Å². The van der Waals surface area contributed by atoms with Crippen LogP contribution in [0.4, 0.5) is 4.39 Å². The SMILES string of the molecule is OCc1cc(F)cc(Oc2ccc3cc(Br)ccc3c2)c1. The summed E-state index contributed by atoms with van der Waals surface area (Å²) in [6.45, 7) is -0.222. The Labute approximate surface area is 129 Å². The Morgan fingerprint density at radius 3 is 2.48 bits per heavy atom. The fourth-order valence-electron chi connectivity index (χ4n) is 2.17. The number of hydrogen-bond donors (Lipinski definition) is 1. The Bertz CT molecular complexity index is 802. The second-order valence-corrected chi connectivity index (χ2v) is 5.62. The van der Waals surface area contributed by atoms with Gasteiger partial charge in [0.15, 0.2) is 0 Å². The molecular weight excluding hydrogens is 335 g/mol. The topological polar surface area (TPSA) is 29.5 Å². The van der Waals surface area contributed by atoms with Gasteiger partial charge in [-0.1, -0.05) is 28.1 Å². The largest absolute Gasteiger partial charge is 0.457 e. The van der Waals surface area contributed by atoms with Crippen molar-refractivity contribution < 1.29 is 14.2 Å². The zero-order valence-corrected chi connectivity index (χ0v) is 12.6. The molecular formula is C17H12BrFO2. The van der Waals surface area contributed by atoms with E-state index < -0.39 is 5.82 Å². The molecule has 0 aromatic heterocycles. The van der Waals surface area contributed by atoms with E-state index >= 15 is 0 Å². The zero-order chi connectivity index (χ0) is 14.8. The van der Waals surface area contributed by atoms with Gasteiger partial charge in [-0.05, 0) is 52.7 Å². The summed E-state index contributed by atoms with van der Waals surface area (Å²) in [5.74, 6) is 0.566. The van der Waals surface area contributed by atoms with Gasteiger partial charge < -0.3 is 9.84 Å². The summed E-state index contributed by atoms with van der Waals surface area (Å²) in [7, 11) is 0. The number of ether oxygens (including phenoxy) is 1. The van der Waals surface area contributed by atoms with E-state index in [4.69, 9.17) is 9.84 Å². The van der Waals surface area contributed by atoms with Crippen LogP contribution in [0, 0.1) is 5.82 Å². The number of aliphatic hydroxyl groups is 1. The molecule has 3 aromatic carbocycles. The standard InChI is InChI=1S/C17H12BrFO2/c18-14-3-1-13-8-16(4-2-12(13)7-14)21-17-6-11(10-20)5-15(19)9-17/h1-9,20H,10H2. The number of benzene rings is 3. The van der Waals surface area contributed by atoms with Crippen molar-refractivity contribution in [1.82, 2.24) is 0 Å². The lowest BCUT2D eigenvalue weighted by molar-refractivity contribution is 0.280. The van der Waals surface area contributed by atoms with Crippen molar-refractivity contribution in [1.29, 1.82) is 0 Å². The van der Waals surface area contributed by atoms with Gasteiger partial charge in [-0.2, -0.15) is 0 Å². The molecule has 1 N–H and O–H groups in total. The summed E-state index contributed by atoms with van der Waals surface area (Å²) in [4.78, 5) is 0. The predicted octanol–water partition coefficient (Wildman–Crippen LogP) is 5.03. The van der Waals surface area contributed by atoms with Gasteiger partial charge in [-0.25, -0.2) is 4.39 Å². The van der Waals surface area contributed by atoms with Crippen LogP contribution in [0.2, 0.25) is 0 Å². The third kappa shape index (κ3) is 3.23. The average Bonchev–Trinajstić information content (AvgIpc) is 2.47. The molecule has 0 bridgehead atoms. The van der Waals surface area contributed by atoms with E-state index in [1.165, 1.54) is 12.1 Å². The lowest BCUT2D eigenvalue weighted by Crippen LogP contribution is -1.90. The third-order valence-corrected chi connectivity index (χ3v) is 3.62. The smallest absolute Gasteiger partial charge is 0.130 e. The van der Waals surface area contributed by atoms with E-state index in [2.05, 4.69) is 15.9 Å². The highest BCUT2D eigenvalue weighted by Crippen LogP contribution is 2.28. The lowest BCUT2D eigenvalue weighted by atomic mass is 10.1. The molecule has 106 valence electrons. The first kappa shape index (κ1) is 14.0. The molecule has 0 atom stereocenters. The van der Waals surface area contributed by atoms with Crippen LogP contribution in [0.15, 0.2) is 59.1 Å². The number of hydrogen-bond acceptors (Lipinski definition) is 2. The van der Waals surface area contributed by atoms with E-state index in [-0.39, 0.29) is 6.61 Å². The highest BCUT2D eigenvalue weighted by molar-refractivity contribution is 9.10. The summed E-state index contributed by atoms with van der Waals surface area (Å²) in [5, 5.41) is 11.2. The second-order valence-electron chi connectivity index (χ2n) is 4.71. The molecule has 0 aliphatic carbocycles. The second kappa shape index (κ2) is 5.84. The molecule has 0 heterocycles. The average molecular weight is 347 g/mol. The first-order chi connectivity index (χ1) is 10.1. The van der Waals surface area contributed by atoms with Crippen molar-refractivity contribution in [3.05, 3.63) is 70.5 Å². The van der Waals surface area contributed by atoms with Crippen LogP contribution in [0.25, 0.3) is 10.8 Å². The minimum Gasteiger partial charge on any atom is -0.457 e. The summed E-state index contributed by atoms with van der Waals surface area (Å²) in [6, 6.07) is 15.8. The first-order valence-corrected chi connectivity index (χ1v) is 7.21. The van der Waals surface area contributed by atoms with E-state index in [0.717, 1.165) is 15.2 Å². The predicted molar refractivity (Wildman–Crippen MR) is 84.0 cm³/mol. The van der Waals surface area contributed by atoms with Crippen LogP contribution in [0.5, 0.6) is 11.5 Å². The highest BCUT2D eigenvalue weighted by atomic mass is 79.9. The van der Waals surface area contributed by atoms with Crippen molar-refractivity contribution in [2.75, 3.05) is 0 Å². The van der Waals surface area contributed by atoms with Crippen LogP contribution in [0.1, 0.15) is 5.56 Å². The summed E-state index contributed by atoms with van der Waals surface area (Å²) in [6.07, 6.45) is 0. The van der Waals surface area contributed by atoms with E-state index in [1.807, 2.05) is 36.4 Å². The first-order valence-electron chi connectivity index (χ1n) is 6.41. The minimum atomic E-state index is -0.429. The molecule has 0 aliphatic rings. The van der Waals surface area contributed by atoms with Crippen LogP contribution in [-0.4, -0.2) is 5.11 Å². The molecule has 0 aliphatic heterocycles. The molecule has 0 spiro atoms. The van der Waals surface area contributed by atoms with Crippen LogP contribution < -0.4 is 4.74 Å². The van der Waals surface area contributed by atoms with E-state index in [9.17, 15) is 4.39 Å². The maximum Gasteiger partial charge on any atom is 0.130 e. The Kier molecular flexibility index (Phi) is 3.90. The molecule has 0 fully saturated rings. The molecule has 0 amide bonds. The Morgan fingerprint density at radius 2 is 1.67 bits per heavy atom. The molecule has 21 heavy (non-hydrogen) atoms. The van der Waals surface area contributed by atoms with Crippen molar-refractivity contribution in [2.45, 2.75) is 6.61 Å². The molecule has 3 rings (SSSR count). The zero-order valence-electron chi connectivity index (χ0n) is 11.0. The summed E-state index contributed by atoms with van der Waals surface area (Å²) in [5.41, 5.74) is 0.481. The lowest BCUT2D eigenvalue weighted by Gasteiger charge is -2.08. The number of rotatable bonds is 3. The fraction of sp³-hybridized carbons (Fsp3) is 0.0588. The van der Waals surface area contributed by atoms with Gasteiger partial charge >= 0.3 is 0 Å². The summed E-state index contributed by atoms with van der Waals surface area (Å²) >= 11 is 3.43. The molecule has 0 unspecified atom stereocenters. The van der Waals surface area contributed by atoms with Gasteiger partial charge in [0.25, 0.3) is 0 Å². The number of halogens is 2. The maximum absolute atomic E-state index is 13.4. The van der Waals surface area contributed by atoms with E-state index in [1.54, 1.807) is 6.07 Å². The minimum absolute atomic E-state index is 0.222. The number of fused-ring (bicyclic) bond motifs is 1. The van der Waals surface area contributed by atoms with Gasteiger partial charge in [0.2, 0.25) is 0 Å². The maximum atomic E-state index is 13.4. The van der Waals surface area contributed by atoms with Gasteiger partial charge in [0.05, 0.1) is 6.61 Å². The molecule has 3 aromatic rings. The fourth-order valence-corrected chi connectivity index (χ4v) is 2.54. The summed E-state index contributed by atoms with van der Waals surface area (Å²) < 4.78 is 20.1. The molecule has 0 saturated heterocycles. The quantitative estimate of drug-likeness (QED) is 0.720.